The molecule has 0 saturated heterocycles. The first-order valence-corrected chi connectivity index (χ1v) is 11.3. The van der Waals surface area contributed by atoms with Crippen LogP contribution in [-0.2, 0) is 14.8 Å². The number of ether oxygens (including phenoxy) is 2. The highest BCUT2D eigenvalue weighted by atomic mass is 35.5. The second-order valence-corrected chi connectivity index (χ2v) is 9.24. The van der Waals surface area contributed by atoms with Crippen molar-refractivity contribution in [2.75, 3.05) is 30.3 Å². The molecule has 0 radical (unpaired) electrons. The van der Waals surface area contributed by atoms with Gasteiger partial charge in [-0.25, -0.2) is 8.42 Å². The molecule has 1 amide bonds. The highest BCUT2D eigenvalue weighted by Gasteiger charge is 2.24. The van der Waals surface area contributed by atoms with Gasteiger partial charge in [0.15, 0.2) is 11.5 Å². The summed E-state index contributed by atoms with van der Waals surface area (Å²) >= 11 is 5.96. The van der Waals surface area contributed by atoms with E-state index in [9.17, 15) is 13.2 Å². The summed E-state index contributed by atoms with van der Waals surface area (Å²) in [6, 6.07) is 9.96. The molecular weight excluding hydrogens is 416 g/mol. The number of amides is 1. The van der Waals surface area contributed by atoms with E-state index in [4.69, 9.17) is 21.1 Å². The number of fused-ring (bicyclic) bond motifs is 1. The molecule has 2 aromatic carbocycles. The van der Waals surface area contributed by atoms with Gasteiger partial charge in [-0.15, -0.1) is 0 Å². The zero-order chi connectivity index (χ0) is 21.2. The summed E-state index contributed by atoms with van der Waals surface area (Å²) in [6.45, 7) is 4.21. The summed E-state index contributed by atoms with van der Waals surface area (Å²) in [5, 5.41) is 3.34. The van der Waals surface area contributed by atoms with E-state index in [0.717, 1.165) is 16.1 Å². The van der Waals surface area contributed by atoms with E-state index >= 15 is 0 Å². The maximum atomic E-state index is 12.6. The lowest BCUT2D eigenvalue weighted by molar-refractivity contribution is -0.120. The predicted octanol–water partition coefficient (Wildman–Crippen LogP) is 3.06. The van der Waals surface area contributed by atoms with Gasteiger partial charge >= 0.3 is 0 Å². The van der Waals surface area contributed by atoms with Crippen LogP contribution in [0.3, 0.4) is 0 Å². The molecule has 0 bridgehead atoms. The number of nitrogens with one attached hydrogen (secondary N) is 1. The number of sulfonamides is 1. The van der Waals surface area contributed by atoms with Gasteiger partial charge in [-0.2, -0.15) is 0 Å². The topological polar surface area (TPSA) is 84.9 Å². The number of hydrogen-bond donors (Lipinski definition) is 1. The number of carbonyl (C=O) groups excluding carboxylic acids is 1. The minimum Gasteiger partial charge on any atom is -0.486 e. The normalized spacial score (nSPS) is 14.2. The van der Waals surface area contributed by atoms with Gasteiger partial charge in [-0.3, -0.25) is 9.10 Å². The van der Waals surface area contributed by atoms with Crippen molar-refractivity contribution < 1.29 is 22.7 Å². The first-order chi connectivity index (χ1) is 13.6. The standard InChI is InChI=1S/C20H23ClN2O5S/c1-13-10-16(21)5-6-17(13)23(29(3,25)26)12-20(24)22-14(2)15-4-7-18-19(11-15)28-9-8-27-18/h4-7,10-11,14H,8-9,12H2,1-3H3,(H,22,24). The zero-order valence-electron chi connectivity index (χ0n) is 16.4. The van der Waals surface area contributed by atoms with Crippen molar-refractivity contribution in [3.8, 4) is 11.5 Å². The van der Waals surface area contributed by atoms with Crippen molar-refractivity contribution >= 4 is 33.2 Å². The highest BCUT2D eigenvalue weighted by Crippen LogP contribution is 2.32. The number of anilines is 1. The summed E-state index contributed by atoms with van der Waals surface area (Å²) < 4.78 is 36.8. The van der Waals surface area contributed by atoms with Crippen LogP contribution in [0.5, 0.6) is 11.5 Å². The Hall–Kier alpha value is -2.45. The molecule has 3 rings (SSSR count). The fourth-order valence-electron chi connectivity index (χ4n) is 3.11. The Morgan fingerprint density at radius 3 is 2.52 bits per heavy atom. The average molecular weight is 439 g/mol. The summed E-state index contributed by atoms with van der Waals surface area (Å²) in [5.74, 6) is 0.872. The Kier molecular flexibility index (Phi) is 6.24. The third-order valence-corrected chi connectivity index (χ3v) is 5.92. The lowest BCUT2D eigenvalue weighted by atomic mass is 10.1. The third kappa shape index (κ3) is 5.13. The highest BCUT2D eigenvalue weighted by molar-refractivity contribution is 7.92. The van der Waals surface area contributed by atoms with Crippen LogP contribution in [0.4, 0.5) is 5.69 Å². The van der Waals surface area contributed by atoms with Crippen molar-refractivity contribution in [2.24, 2.45) is 0 Å². The zero-order valence-corrected chi connectivity index (χ0v) is 18.0. The van der Waals surface area contributed by atoms with Crippen molar-refractivity contribution in [2.45, 2.75) is 19.9 Å². The summed E-state index contributed by atoms with van der Waals surface area (Å²) in [5.41, 5.74) is 1.91. The van der Waals surface area contributed by atoms with Crippen molar-refractivity contribution in [1.82, 2.24) is 5.32 Å². The molecule has 0 aromatic heterocycles. The lowest BCUT2D eigenvalue weighted by Gasteiger charge is -2.25. The van der Waals surface area contributed by atoms with Crippen molar-refractivity contribution in [3.05, 3.63) is 52.5 Å². The quantitative estimate of drug-likeness (QED) is 0.749. The Bertz CT molecular complexity index is 1030. The molecule has 156 valence electrons. The van der Waals surface area contributed by atoms with Crippen LogP contribution in [0.15, 0.2) is 36.4 Å². The first-order valence-electron chi connectivity index (χ1n) is 9.08. The maximum Gasteiger partial charge on any atom is 0.241 e. The molecule has 0 spiro atoms. The molecule has 1 aliphatic heterocycles. The number of halogens is 1. The van der Waals surface area contributed by atoms with E-state index in [0.29, 0.717) is 41.0 Å². The number of carbonyl (C=O) groups is 1. The molecule has 1 unspecified atom stereocenters. The maximum absolute atomic E-state index is 12.6. The van der Waals surface area contributed by atoms with Gasteiger partial charge in [0, 0.05) is 5.02 Å². The number of aryl methyl sites for hydroxylation is 1. The van der Waals surface area contributed by atoms with E-state index in [1.54, 1.807) is 31.2 Å². The molecule has 1 heterocycles. The predicted molar refractivity (Wildman–Crippen MR) is 112 cm³/mol. The molecular formula is C20H23ClN2O5S. The van der Waals surface area contributed by atoms with Gasteiger partial charge in [-0.05, 0) is 55.3 Å². The number of hydrogen-bond acceptors (Lipinski definition) is 5. The van der Waals surface area contributed by atoms with Crippen LogP contribution in [0.25, 0.3) is 0 Å². The van der Waals surface area contributed by atoms with E-state index in [1.165, 1.54) is 0 Å². The van der Waals surface area contributed by atoms with Crippen LogP contribution >= 0.6 is 11.6 Å². The number of rotatable bonds is 6. The van der Waals surface area contributed by atoms with Crippen LogP contribution in [0, 0.1) is 6.92 Å². The van der Waals surface area contributed by atoms with Crippen LogP contribution < -0.4 is 19.1 Å². The van der Waals surface area contributed by atoms with Crippen molar-refractivity contribution in [1.29, 1.82) is 0 Å². The summed E-state index contributed by atoms with van der Waals surface area (Å²) in [4.78, 5) is 12.6. The van der Waals surface area contributed by atoms with E-state index in [2.05, 4.69) is 5.32 Å². The minimum atomic E-state index is -3.67. The van der Waals surface area contributed by atoms with Gasteiger partial charge in [0.1, 0.15) is 19.8 Å². The summed E-state index contributed by atoms with van der Waals surface area (Å²) in [6.07, 6.45) is 1.07. The van der Waals surface area contributed by atoms with E-state index in [-0.39, 0.29) is 12.6 Å². The Labute approximate surface area is 175 Å². The van der Waals surface area contributed by atoms with Crippen LogP contribution in [0.1, 0.15) is 24.1 Å². The molecule has 1 aliphatic rings. The molecule has 7 nitrogen and oxygen atoms in total. The molecule has 2 aromatic rings. The van der Waals surface area contributed by atoms with Crippen LogP contribution in [-0.4, -0.2) is 40.3 Å². The Morgan fingerprint density at radius 1 is 1.17 bits per heavy atom. The molecule has 9 heteroatoms. The van der Waals surface area contributed by atoms with Gasteiger partial charge in [0.25, 0.3) is 0 Å². The molecule has 0 fully saturated rings. The van der Waals surface area contributed by atoms with Gasteiger partial charge in [0.05, 0.1) is 18.0 Å². The molecule has 0 aliphatic carbocycles. The Balaban J connectivity index is 1.75. The first kappa shape index (κ1) is 21.3. The van der Waals surface area contributed by atoms with E-state index in [1.807, 2.05) is 19.1 Å². The smallest absolute Gasteiger partial charge is 0.241 e. The number of nitrogens with zero attached hydrogens (tertiary/aromatic N) is 1. The molecule has 0 saturated carbocycles. The van der Waals surface area contributed by atoms with E-state index < -0.39 is 15.9 Å². The second-order valence-electron chi connectivity index (χ2n) is 6.89. The second kappa shape index (κ2) is 8.51. The molecule has 1 N–H and O–H groups in total. The Morgan fingerprint density at radius 2 is 1.86 bits per heavy atom. The fraction of sp³-hybridized carbons (Fsp3) is 0.350. The van der Waals surface area contributed by atoms with Gasteiger partial charge < -0.3 is 14.8 Å². The lowest BCUT2D eigenvalue weighted by Crippen LogP contribution is -2.41. The van der Waals surface area contributed by atoms with Gasteiger partial charge in [0.2, 0.25) is 15.9 Å². The van der Waals surface area contributed by atoms with Gasteiger partial charge in [-0.1, -0.05) is 17.7 Å². The largest absolute Gasteiger partial charge is 0.486 e. The monoisotopic (exact) mass is 438 g/mol. The SMILES string of the molecule is Cc1cc(Cl)ccc1N(CC(=O)NC(C)c1ccc2c(c1)OCCO2)S(C)(=O)=O. The number of benzene rings is 2. The minimum absolute atomic E-state index is 0.337. The third-order valence-electron chi connectivity index (χ3n) is 4.56. The fourth-order valence-corrected chi connectivity index (χ4v) is 4.25. The molecule has 29 heavy (non-hydrogen) atoms. The molecule has 1 atom stereocenters. The average Bonchev–Trinajstić information content (AvgIpc) is 2.65. The summed E-state index contributed by atoms with van der Waals surface area (Å²) in [7, 11) is -3.67. The van der Waals surface area contributed by atoms with Crippen LogP contribution in [0.2, 0.25) is 5.02 Å². The van der Waals surface area contributed by atoms with Crippen molar-refractivity contribution in [3.63, 3.8) is 0 Å².